The van der Waals surface area contributed by atoms with Gasteiger partial charge in [-0.05, 0) is 66.6 Å². The van der Waals surface area contributed by atoms with Crippen molar-refractivity contribution in [3.05, 3.63) is 83.0 Å². The van der Waals surface area contributed by atoms with Gasteiger partial charge in [-0.25, -0.2) is 9.36 Å². The molecular weight excluding hydrogens is 731 g/mol. The summed E-state index contributed by atoms with van der Waals surface area (Å²) in [7, 11) is 0. The van der Waals surface area contributed by atoms with E-state index in [0.29, 0.717) is 71.0 Å². The molecule has 0 aliphatic carbocycles. The molecule has 8 heterocycles. The van der Waals surface area contributed by atoms with Crippen molar-refractivity contribution in [2.24, 2.45) is 0 Å². The smallest absolute Gasteiger partial charge is 0.236 e. The average Bonchev–Trinajstić information content (AvgIpc) is 3.89. The Labute approximate surface area is 327 Å². The number of amides is 3. The molecule has 5 aromatic rings. The van der Waals surface area contributed by atoms with Crippen molar-refractivity contribution in [2.45, 2.75) is 50.6 Å². The maximum atomic E-state index is 13.5. The number of carbonyl (C=O) groups excluding carboxylic acids is 3. The van der Waals surface area contributed by atoms with Crippen LogP contribution in [0.15, 0.2) is 54.9 Å². The van der Waals surface area contributed by atoms with Crippen LogP contribution in [0.3, 0.4) is 0 Å². The molecule has 15 nitrogen and oxygen atoms in total. The highest BCUT2D eigenvalue weighted by atomic mass is 32.1. The first kappa shape index (κ1) is 35.9. The lowest BCUT2D eigenvalue weighted by Gasteiger charge is -2.36. The minimum atomic E-state index is -0.291. The highest BCUT2D eigenvalue weighted by molar-refractivity contribution is 7.18. The molecule has 0 bridgehead atoms. The number of piperidine rings is 1. The first-order valence-corrected chi connectivity index (χ1v) is 19.9. The minimum absolute atomic E-state index is 0.124. The third-order valence-electron chi connectivity index (χ3n) is 11.2. The number of carbonyl (C=O) groups is 3. The van der Waals surface area contributed by atoms with E-state index in [1.54, 1.807) is 10.7 Å². The van der Waals surface area contributed by atoms with Crippen LogP contribution in [-0.4, -0.2) is 111 Å². The molecule has 0 unspecified atom stereocenters. The Bertz CT molecular complexity index is 2360. The van der Waals surface area contributed by atoms with Crippen LogP contribution in [0.1, 0.15) is 48.3 Å². The van der Waals surface area contributed by atoms with E-state index >= 15 is 0 Å². The maximum absolute atomic E-state index is 13.5. The molecule has 3 saturated heterocycles. The number of fused-ring (bicyclic) bond motifs is 2. The van der Waals surface area contributed by atoms with E-state index < -0.39 is 0 Å². The van der Waals surface area contributed by atoms with E-state index in [2.05, 4.69) is 52.7 Å². The number of piperazine rings is 1. The van der Waals surface area contributed by atoms with Crippen LogP contribution >= 0.6 is 11.3 Å². The molecule has 4 aliphatic heterocycles. The number of hydrogen-bond donors (Lipinski definition) is 2. The standard InChI is InChI=1S/C40H41N11O4S/c1-41-29-19-30-4-6-35(51(30)43-21-29)34-20-33(44-28-9-16-55-17-10-28)32(22-42-34)39-46-47-40(56-39)50-14-12-49(13-15-50)37(53)24-48-11-8-25-18-26(2-3-27(25)23-48)31-5-7-36(52)45-38(31)54/h2-4,6,18-22,28,31H,5,7-17,23-24H2,(H,42,44)(H,45,52,54)/t31-/m1/s1. The zero-order valence-electron chi connectivity index (χ0n) is 30.8. The van der Waals surface area contributed by atoms with Crippen molar-refractivity contribution in [1.82, 2.24) is 39.9 Å². The van der Waals surface area contributed by atoms with Crippen LogP contribution in [-0.2, 0) is 32.1 Å². The second-order valence-corrected chi connectivity index (χ2v) is 15.7. The molecule has 3 fully saturated rings. The Morgan fingerprint density at radius 2 is 1.82 bits per heavy atom. The van der Waals surface area contributed by atoms with Gasteiger partial charge in [-0.15, -0.1) is 10.2 Å². The number of nitrogens with zero attached hydrogens (tertiary/aromatic N) is 9. The van der Waals surface area contributed by atoms with Gasteiger partial charge in [0.15, 0.2) is 5.01 Å². The molecule has 3 amide bonds. The number of hydrogen-bond acceptors (Lipinski definition) is 12. The van der Waals surface area contributed by atoms with E-state index in [-0.39, 0.29) is 29.7 Å². The summed E-state index contributed by atoms with van der Waals surface area (Å²) in [5, 5.41) is 21.5. The Morgan fingerprint density at radius 1 is 0.964 bits per heavy atom. The predicted molar refractivity (Wildman–Crippen MR) is 210 cm³/mol. The fourth-order valence-corrected chi connectivity index (χ4v) is 9.00. The molecule has 0 saturated carbocycles. The van der Waals surface area contributed by atoms with Crippen LogP contribution in [0.5, 0.6) is 0 Å². The molecule has 56 heavy (non-hydrogen) atoms. The largest absolute Gasteiger partial charge is 0.381 e. The molecule has 0 radical (unpaired) electrons. The normalized spacial score (nSPS) is 19.4. The zero-order valence-corrected chi connectivity index (χ0v) is 31.6. The van der Waals surface area contributed by atoms with Gasteiger partial charge in [-0.3, -0.25) is 29.6 Å². The van der Waals surface area contributed by atoms with E-state index in [1.807, 2.05) is 41.4 Å². The summed E-state index contributed by atoms with van der Waals surface area (Å²) in [4.78, 5) is 52.2. The SMILES string of the molecule is [C-]#[N+]c1cnn2c(-c3cc(NC4CCOCC4)c(-c4nnc(N5CCN(C(=O)CN6CCc7cc([C@H]8CCC(=O)NC8=O)ccc7C6)CC5)s4)cn3)ccc2c1. The fraction of sp³-hybridized carbons (Fsp3) is 0.400. The molecular formula is C40H41N11O4S. The van der Waals surface area contributed by atoms with Gasteiger partial charge in [-0.1, -0.05) is 29.5 Å². The molecule has 1 atom stereocenters. The van der Waals surface area contributed by atoms with Crippen molar-refractivity contribution in [2.75, 3.05) is 62.7 Å². The fourth-order valence-electron chi connectivity index (χ4n) is 8.08. The van der Waals surface area contributed by atoms with Gasteiger partial charge in [0.25, 0.3) is 0 Å². The predicted octanol–water partition coefficient (Wildman–Crippen LogP) is 4.28. The zero-order chi connectivity index (χ0) is 38.2. The van der Waals surface area contributed by atoms with Gasteiger partial charge in [0.1, 0.15) is 0 Å². The lowest BCUT2D eigenvalue weighted by Crippen LogP contribution is -2.51. The number of pyridine rings is 1. The summed E-state index contributed by atoms with van der Waals surface area (Å²) >= 11 is 1.52. The minimum Gasteiger partial charge on any atom is -0.381 e. The van der Waals surface area contributed by atoms with Crippen molar-refractivity contribution in [3.8, 4) is 22.0 Å². The van der Waals surface area contributed by atoms with Gasteiger partial charge in [0.05, 0.1) is 47.7 Å². The van der Waals surface area contributed by atoms with Gasteiger partial charge in [-0.2, -0.15) is 5.10 Å². The van der Waals surface area contributed by atoms with Crippen LogP contribution in [0.25, 0.3) is 32.3 Å². The Hall–Kier alpha value is -5.76. The molecule has 0 spiro atoms. The second-order valence-electron chi connectivity index (χ2n) is 14.8. The maximum Gasteiger partial charge on any atom is 0.236 e. The van der Waals surface area contributed by atoms with Crippen LogP contribution in [0.4, 0.5) is 16.5 Å². The Kier molecular flexibility index (Phi) is 9.88. The molecule has 2 N–H and O–H groups in total. The van der Waals surface area contributed by atoms with Gasteiger partial charge in [0, 0.05) is 76.8 Å². The lowest BCUT2D eigenvalue weighted by molar-refractivity contribution is -0.134. The number of anilines is 2. The first-order chi connectivity index (χ1) is 27.4. The number of rotatable bonds is 8. The van der Waals surface area contributed by atoms with Gasteiger partial charge < -0.3 is 19.9 Å². The summed E-state index contributed by atoms with van der Waals surface area (Å²) in [5.41, 5.74) is 8.04. The van der Waals surface area contributed by atoms with E-state index in [1.165, 1.54) is 22.5 Å². The second kappa shape index (κ2) is 15.4. The lowest BCUT2D eigenvalue weighted by atomic mass is 9.87. The van der Waals surface area contributed by atoms with Crippen LogP contribution in [0, 0.1) is 6.57 Å². The van der Waals surface area contributed by atoms with Crippen molar-refractivity contribution < 1.29 is 19.1 Å². The van der Waals surface area contributed by atoms with E-state index in [9.17, 15) is 14.4 Å². The first-order valence-electron chi connectivity index (χ1n) is 19.1. The monoisotopic (exact) mass is 771 g/mol. The van der Waals surface area contributed by atoms with E-state index in [0.717, 1.165) is 69.7 Å². The van der Waals surface area contributed by atoms with Crippen molar-refractivity contribution >= 4 is 51.1 Å². The van der Waals surface area contributed by atoms with Crippen molar-refractivity contribution in [3.63, 3.8) is 0 Å². The van der Waals surface area contributed by atoms with Crippen LogP contribution in [0.2, 0.25) is 0 Å². The van der Waals surface area contributed by atoms with Crippen LogP contribution < -0.4 is 15.5 Å². The molecule has 4 aliphatic rings. The summed E-state index contributed by atoms with van der Waals surface area (Å²) in [5.74, 6) is -0.589. The molecule has 9 rings (SSSR count). The summed E-state index contributed by atoms with van der Waals surface area (Å²) < 4.78 is 7.42. The molecule has 16 heteroatoms. The van der Waals surface area contributed by atoms with Gasteiger partial charge >= 0.3 is 0 Å². The Morgan fingerprint density at radius 3 is 2.64 bits per heavy atom. The number of benzene rings is 1. The molecule has 286 valence electrons. The quantitative estimate of drug-likeness (QED) is 0.172. The summed E-state index contributed by atoms with van der Waals surface area (Å²) in [6, 6.07) is 14.2. The number of nitrogens with one attached hydrogen (secondary N) is 2. The third-order valence-corrected chi connectivity index (χ3v) is 12.2. The topological polar surface area (TPSA) is 155 Å². The highest BCUT2D eigenvalue weighted by Crippen LogP contribution is 2.37. The molecule has 4 aromatic heterocycles. The highest BCUT2D eigenvalue weighted by Gasteiger charge is 2.30. The van der Waals surface area contributed by atoms with E-state index in [4.69, 9.17) is 16.3 Å². The average molecular weight is 772 g/mol. The number of imide groups is 1. The van der Waals surface area contributed by atoms with Crippen molar-refractivity contribution in [1.29, 1.82) is 0 Å². The van der Waals surface area contributed by atoms with Gasteiger partial charge in [0.2, 0.25) is 28.5 Å². The molecule has 1 aromatic carbocycles. The third kappa shape index (κ3) is 7.32. The Balaban J connectivity index is 0.841. The number of ether oxygens (including phenoxy) is 1. The summed E-state index contributed by atoms with van der Waals surface area (Å²) in [6.07, 6.45) is 6.92. The number of aromatic nitrogens is 5. The summed E-state index contributed by atoms with van der Waals surface area (Å²) in [6.45, 7) is 13.1.